The van der Waals surface area contributed by atoms with Crippen LogP contribution in [0.15, 0.2) is 48.0 Å². The molecule has 1 N–H and O–H groups in total. The molecule has 0 saturated heterocycles. The van der Waals surface area contributed by atoms with Crippen LogP contribution >= 0.6 is 23.2 Å². The first-order valence-electron chi connectivity index (χ1n) is 6.57. The summed E-state index contributed by atoms with van der Waals surface area (Å²) in [6.07, 6.45) is 1.44. The summed E-state index contributed by atoms with van der Waals surface area (Å²) >= 11 is 12.0. The first-order chi connectivity index (χ1) is 11.1. The molecule has 116 valence electrons. The molecule has 0 bridgehead atoms. The van der Waals surface area contributed by atoms with E-state index in [4.69, 9.17) is 27.9 Å². The standard InChI is InChI=1S/C17H12Cl2N2O2/c1-23-15-8-3-2-5-11(15)9-12(10-20)17(22)21-16-13(18)6-4-7-14(16)19/h2-9H,1H3,(H,21,22)/b12-9+. The summed E-state index contributed by atoms with van der Waals surface area (Å²) in [5.74, 6) is -0.0442. The summed E-state index contributed by atoms with van der Waals surface area (Å²) in [5.41, 5.74) is 0.791. The van der Waals surface area contributed by atoms with Crippen molar-refractivity contribution >= 4 is 40.9 Å². The molecule has 0 aliphatic carbocycles. The molecule has 23 heavy (non-hydrogen) atoms. The number of benzene rings is 2. The van der Waals surface area contributed by atoms with E-state index in [1.165, 1.54) is 13.2 Å². The number of amides is 1. The van der Waals surface area contributed by atoms with Gasteiger partial charge in [-0.05, 0) is 24.3 Å². The average Bonchev–Trinajstić information content (AvgIpc) is 2.56. The molecule has 0 aromatic heterocycles. The van der Waals surface area contributed by atoms with E-state index in [1.807, 2.05) is 6.07 Å². The van der Waals surface area contributed by atoms with Crippen molar-refractivity contribution in [1.29, 1.82) is 5.26 Å². The molecule has 0 radical (unpaired) electrons. The largest absolute Gasteiger partial charge is 0.496 e. The highest BCUT2D eigenvalue weighted by atomic mass is 35.5. The number of halogens is 2. The first kappa shape index (κ1) is 16.9. The Labute approximate surface area is 143 Å². The van der Waals surface area contributed by atoms with Crippen molar-refractivity contribution < 1.29 is 9.53 Å². The fraction of sp³-hybridized carbons (Fsp3) is 0.0588. The lowest BCUT2D eigenvalue weighted by Gasteiger charge is -2.09. The Kier molecular flexibility index (Phi) is 5.64. The lowest BCUT2D eigenvalue weighted by Crippen LogP contribution is -2.14. The SMILES string of the molecule is COc1ccccc1/C=C(\C#N)C(=O)Nc1c(Cl)cccc1Cl. The maximum absolute atomic E-state index is 12.3. The van der Waals surface area contributed by atoms with Gasteiger partial charge in [0.25, 0.3) is 5.91 Å². The summed E-state index contributed by atoms with van der Waals surface area (Å²) in [4.78, 5) is 12.3. The highest BCUT2D eigenvalue weighted by Crippen LogP contribution is 2.30. The third kappa shape index (κ3) is 4.04. The van der Waals surface area contributed by atoms with Crippen molar-refractivity contribution in [2.45, 2.75) is 0 Å². The predicted molar refractivity (Wildman–Crippen MR) is 91.7 cm³/mol. The quantitative estimate of drug-likeness (QED) is 0.652. The Bertz CT molecular complexity index is 790. The summed E-state index contributed by atoms with van der Waals surface area (Å²) in [6, 6.07) is 13.8. The smallest absolute Gasteiger partial charge is 0.266 e. The molecule has 0 heterocycles. The fourth-order valence-electron chi connectivity index (χ4n) is 1.89. The van der Waals surface area contributed by atoms with E-state index < -0.39 is 5.91 Å². The van der Waals surface area contributed by atoms with Crippen LogP contribution in [0.1, 0.15) is 5.56 Å². The average molecular weight is 347 g/mol. The number of ether oxygens (including phenoxy) is 1. The number of nitrogens with zero attached hydrogens (tertiary/aromatic N) is 1. The van der Waals surface area contributed by atoms with Crippen molar-refractivity contribution in [3.8, 4) is 11.8 Å². The van der Waals surface area contributed by atoms with Crippen LogP contribution < -0.4 is 10.1 Å². The fourth-order valence-corrected chi connectivity index (χ4v) is 2.38. The maximum Gasteiger partial charge on any atom is 0.266 e. The molecule has 0 fully saturated rings. The second-order valence-electron chi connectivity index (χ2n) is 4.46. The van der Waals surface area contributed by atoms with Gasteiger partial charge in [-0.15, -0.1) is 0 Å². The number of carbonyl (C=O) groups is 1. The minimum absolute atomic E-state index is 0.0921. The Morgan fingerprint density at radius 2 is 1.83 bits per heavy atom. The number of methoxy groups -OCH3 is 1. The van der Waals surface area contributed by atoms with E-state index >= 15 is 0 Å². The zero-order valence-corrected chi connectivity index (χ0v) is 13.7. The van der Waals surface area contributed by atoms with Crippen LogP contribution in [0.2, 0.25) is 10.0 Å². The van der Waals surface area contributed by atoms with E-state index in [0.29, 0.717) is 21.4 Å². The number of hydrogen-bond acceptors (Lipinski definition) is 3. The molecule has 0 aliphatic rings. The van der Waals surface area contributed by atoms with Crippen molar-refractivity contribution in [3.63, 3.8) is 0 Å². The molecule has 2 rings (SSSR count). The highest BCUT2D eigenvalue weighted by molar-refractivity contribution is 6.40. The van der Waals surface area contributed by atoms with E-state index in [0.717, 1.165) is 0 Å². The highest BCUT2D eigenvalue weighted by Gasteiger charge is 2.14. The van der Waals surface area contributed by atoms with Crippen LogP contribution in [-0.4, -0.2) is 13.0 Å². The predicted octanol–water partition coefficient (Wildman–Crippen LogP) is 4.55. The number of hydrogen-bond donors (Lipinski definition) is 1. The molecule has 2 aromatic carbocycles. The lowest BCUT2D eigenvalue weighted by molar-refractivity contribution is -0.112. The van der Waals surface area contributed by atoms with Gasteiger partial charge in [0.1, 0.15) is 17.4 Å². The number of carbonyl (C=O) groups excluding carboxylic acids is 1. The van der Waals surface area contributed by atoms with Gasteiger partial charge in [0.2, 0.25) is 0 Å². The maximum atomic E-state index is 12.3. The number of rotatable bonds is 4. The molecule has 0 atom stereocenters. The summed E-state index contributed by atoms with van der Waals surface area (Å²) in [5, 5.41) is 12.4. The Hall–Kier alpha value is -2.48. The van der Waals surface area contributed by atoms with Gasteiger partial charge in [0.05, 0.1) is 22.8 Å². The van der Waals surface area contributed by atoms with E-state index in [2.05, 4.69) is 5.32 Å². The molecule has 0 spiro atoms. The Morgan fingerprint density at radius 3 is 2.43 bits per heavy atom. The van der Waals surface area contributed by atoms with Gasteiger partial charge in [-0.2, -0.15) is 5.26 Å². The molecule has 6 heteroatoms. The zero-order chi connectivity index (χ0) is 16.8. The van der Waals surface area contributed by atoms with Crippen LogP contribution in [0.5, 0.6) is 5.75 Å². The third-order valence-electron chi connectivity index (χ3n) is 3.01. The van der Waals surface area contributed by atoms with Crippen LogP contribution in [0, 0.1) is 11.3 Å². The van der Waals surface area contributed by atoms with Crippen LogP contribution in [0.25, 0.3) is 6.08 Å². The van der Waals surface area contributed by atoms with Crippen molar-refractivity contribution in [3.05, 3.63) is 63.6 Å². The monoisotopic (exact) mass is 346 g/mol. The van der Waals surface area contributed by atoms with E-state index in [9.17, 15) is 10.1 Å². The molecule has 4 nitrogen and oxygen atoms in total. The minimum Gasteiger partial charge on any atom is -0.496 e. The van der Waals surface area contributed by atoms with Gasteiger partial charge in [-0.25, -0.2) is 0 Å². The Morgan fingerprint density at radius 1 is 1.17 bits per heavy atom. The number of para-hydroxylation sites is 2. The summed E-state index contributed by atoms with van der Waals surface area (Å²) in [7, 11) is 1.52. The molecule has 2 aromatic rings. The van der Waals surface area contributed by atoms with E-state index in [1.54, 1.807) is 42.5 Å². The Balaban J connectivity index is 2.33. The third-order valence-corrected chi connectivity index (χ3v) is 3.64. The van der Waals surface area contributed by atoms with Crippen molar-refractivity contribution in [2.24, 2.45) is 0 Å². The molecule has 0 aliphatic heterocycles. The van der Waals surface area contributed by atoms with Crippen molar-refractivity contribution in [1.82, 2.24) is 0 Å². The summed E-state index contributed by atoms with van der Waals surface area (Å²) < 4.78 is 5.20. The molecular formula is C17H12Cl2N2O2. The topological polar surface area (TPSA) is 62.1 Å². The normalized spacial score (nSPS) is 10.8. The number of nitrogens with one attached hydrogen (secondary N) is 1. The van der Waals surface area contributed by atoms with E-state index in [-0.39, 0.29) is 11.3 Å². The van der Waals surface area contributed by atoms with Crippen LogP contribution in [-0.2, 0) is 4.79 Å². The molecular weight excluding hydrogens is 335 g/mol. The van der Waals surface area contributed by atoms with Crippen molar-refractivity contribution in [2.75, 3.05) is 12.4 Å². The van der Waals surface area contributed by atoms with Gasteiger partial charge in [0, 0.05) is 5.56 Å². The second kappa shape index (κ2) is 7.68. The second-order valence-corrected chi connectivity index (χ2v) is 5.28. The molecule has 1 amide bonds. The molecule has 0 saturated carbocycles. The van der Waals surface area contributed by atoms with Crippen LogP contribution in [0.3, 0.4) is 0 Å². The number of anilines is 1. The summed E-state index contributed by atoms with van der Waals surface area (Å²) in [6.45, 7) is 0. The zero-order valence-electron chi connectivity index (χ0n) is 12.1. The minimum atomic E-state index is -0.603. The van der Waals surface area contributed by atoms with Gasteiger partial charge in [-0.3, -0.25) is 4.79 Å². The van der Waals surface area contributed by atoms with Gasteiger partial charge in [0.15, 0.2) is 0 Å². The number of nitriles is 1. The molecule has 0 unspecified atom stereocenters. The van der Waals surface area contributed by atoms with Gasteiger partial charge < -0.3 is 10.1 Å². The van der Waals surface area contributed by atoms with Gasteiger partial charge in [-0.1, -0.05) is 47.5 Å². The first-order valence-corrected chi connectivity index (χ1v) is 7.32. The van der Waals surface area contributed by atoms with Crippen LogP contribution in [0.4, 0.5) is 5.69 Å². The lowest BCUT2D eigenvalue weighted by atomic mass is 10.1. The van der Waals surface area contributed by atoms with Gasteiger partial charge >= 0.3 is 0 Å².